The molecule has 0 amide bonds. The van der Waals surface area contributed by atoms with Crippen molar-refractivity contribution in [1.82, 2.24) is 4.57 Å². The zero-order chi connectivity index (χ0) is 29.0. The SMILES string of the molecule is CC(C)(C)c1ccc2c(c1)c1cc(C(C)(C)C)ccc1n2-c1cc2c3c(c1)-c1ccccc1OB3Oc1ccccc1-2. The van der Waals surface area contributed by atoms with E-state index in [1.165, 1.54) is 32.9 Å². The maximum Gasteiger partial charge on any atom is 0.633 e. The molecule has 2 aliphatic rings. The molecule has 6 aromatic rings. The molecule has 0 atom stereocenters. The Morgan fingerprint density at radius 2 is 0.976 bits per heavy atom. The molecule has 0 N–H and O–H groups in total. The molecule has 206 valence electrons. The maximum atomic E-state index is 6.43. The third-order valence-electron chi connectivity index (χ3n) is 8.98. The van der Waals surface area contributed by atoms with E-state index < -0.39 is 7.12 Å². The number of fused-ring (bicyclic) bond motifs is 7. The van der Waals surface area contributed by atoms with E-state index in [0.717, 1.165) is 44.9 Å². The predicted molar refractivity (Wildman–Crippen MR) is 176 cm³/mol. The number of hydrogen-bond acceptors (Lipinski definition) is 2. The van der Waals surface area contributed by atoms with Crippen molar-refractivity contribution in [2.45, 2.75) is 52.4 Å². The van der Waals surface area contributed by atoms with Crippen LogP contribution in [0.5, 0.6) is 11.5 Å². The minimum atomic E-state index is -0.476. The summed E-state index contributed by atoms with van der Waals surface area (Å²) in [4.78, 5) is 0. The lowest BCUT2D eigenvalue weighted by Crippen LogP contribution is -2.49. The predicted octanol–water partition coefficient (Wildman–Crippen LogP) is 9.19. The van der Waals surface area contributed by atoms with E-state index in [2.05, 4.69) is 119 Å². The summed E-state index contributed by atoms with van der Waals surface area (Å²) in [6.07, 6.45) is 0. The Hall–Kier alpha value is -4.44. The fourth-order valence-corrected chi connectivity index (χ4v) is 6.66. The van der Waals surface area contributed by atoms with Crippen LogP contribution in [0.25, 0.3) is 49.7 Å². The molecule has 1 aromatic heterocycles. The van der Waals surface area contributed by atoms with Gasteiger partial charge in [0.1, 0.15) is 11.5 Å². The van der Waals surface area contributed by atoms with Crippen LogP contribution in [0, 0.1) is 0 Å². The van der Waals surface area contributed by atoms with Gasteiger partial charge in [0.05, 0.1) is 11.0 Å². The first-order valence-corrected chi connectivity index (χ1v) is 14.9. The molecule has 0 radical (unpaired) electrons. The lowest BCUT2D eigenvalue weighted by atomic mass is 9.66. The average Bonchev–Trinajstić information content (AvgIpc) is 3.29. The molecule has 42 heavy (non-hydrogen) atoms. The van der Waals surface area contributed by atoms with Gasteiger partial charge in [-0.25, -0.2) is 0 Å². The van der Waals surface area contributed by atoms with E-state index >= 15 is 0 Å². The van der Waals surface area contributed by atoms with Gasteiger partial charge >= 0.3 is 7.12 Å². The molecule has 3 heterocycles. The Kier molecular flexibility index (Phi) is 5.15. The highest BCUT2D eigenvalue weighted by Gasteiger charge is 2.41. The van der Waals surface area contributed by atoms with E-state index in [9.17, 15) is 0 Å². The number of aromatic nitrogens is 1. The molecule has 0 saturated carbocycles. The molecular weight excluding hydrogens is 513 g/mol. The summed E-state index contributed by atoms with van der Waals surface area (Å²) in [5.41, 5.74) is 12.0. The minimum absolute atomic E-state index is 0.0582. The average molecular weight is 548 g/mol. The Morgan fingerprint density at radius 3 is 1.43 bits per heavy atom. The molecular formula is C38H34BNO2. The molecule has 0 spiro atoms. The van der Waals surface area contributed by atoms with E-state index in [-0.39, 0.29) is 10.8 Å². The second kappa shape index (κ2) is 8.55. The van der Waals surface area contributed by atoms with Crippen LogP contribution in [0.3, 0.4) is 0 Å². The third-order valence-corrected chi connectivity index (χ3v) is 8.98. The topological polar surface area (TPSA) is 23.4 Å². The summed E-state index contributed by atoms with van der Waals surface area (Å²) < 4.78 is 15.3. The number of para-hydroxylation sites is 2. The van der Waals surface area contributed by atoms with Gasteiger partial charge in [0.25, 0.3) is 0 Å². The first-order chi connectivity index (χ1) is 20.1. The standard InChI is InChI=1S/C38H34BNO2/c1-37(2,3)23-15-17-32-28(19-23)29-20-24(38(4,5)6)16-18-33(29)40(32)25-21-30-26-11-7-9-13-34(26)41-39-36(30)31(22-25)27-12-8-10-14-35(27)42-39/h7-22H,1-6H3. The molecule has 5 aromatic carbocycles. The van der Waals surface area contributed by atoms with Gasteiger partial charge in [-0.3, -0.25) is 0 Å². The van der Waals surface area contributed by atoms with Crippen molar-refractivity contribution >= 4 is 34.4 Å². The smallest absolute Gasteiger partial charge is 0.521 e. The first kappa shape index (κ1) is 25.3. The normalized spacial score (nSPS) is 13.8. The van der Waals surface area contributed by atoms with Gasteiger partial charge in [0, 0.05) is 33.0 Å². The molecule has 0 unspecified atom stereocenters. The van der Waals surface area contributed by atoms with Gasteiger partial charge < -0.3 is 13.9 Å². The summed E-state index contributed by atoms with van der Waals surface area (Å²) in [6.45, 7) is 13.7. The summed E-state index contributed by atoms with van der Waals surface area (Å²) in [7, 11) is -0.476. The highest BCUT2D eigenvalue weighted by molar-refractivity contribution is 6.68. The largest absolute Gasteiger partial charge is 0.633 e. The van der Waals surface area contributed by atoms with Crippen LogP contribution in [0.1, 0.15) is 52.7 Å². The molecule has 0 saturated heterocycles. The van der Waals surface area contributed by atoms with E-state index in [1.54, 1.807) is 0 Å². The van der Waals surface area contributed by atoms with E-state index in [1.807, 2.05) is 24.3 Å². The Labute approximate surface area is 247 Å². The van der Waals surface area contributed by atoms with Crippen molar-refractivity contribution in [3.05, 3.63) is 108 Å². The Bertz CT molecular complexity index is 1930. The molecule has 8 rings (SSSR count). The van der Waals surface area contributed by atoms with Crippen LogP contribution in [0.15, 0.2) is 97.1 Å². The van der Waals surface area contributed by atoms with Crippen LogP contribution >= 0.6 is 0 Å². The monoisotopic (exact) mass is 547 g/mol. The van der Waals surface area contributed by atoms with Crippen molar-refractivity contribution in [3.63, 3.8) is 0 Å². The number of nitrogens with zero attached hydrogens (tertiary/aromatic N) is 1. The summed E-state index contributed by atoms with van der Waals surface area (Å²) in [5, 5.41) is 2.58. The molecule has 4 heteroatoms. The lowest BCUT2D eigenvalue weighted by Gasteiger charge is -2.32. The second-order valence-electron chi connectivity index (χ2n) is 13.8. The number of rotatable bonds is 1. The lowest BCUT2D eigenvalue weighted by molar-refractivity contribution is 0.436. The molecule has 3 nitrogen and oxygen atoms in total. The van der Waals surface area contributed by atoms with E-state index in [4.69, 9.17) is 9.31 Å². The third kappa shape index (κ3) is 3.67. The fourth-order valence-electron chi connectivity index (χ4n) is 6.66. The van der Waals surface area contributed by atoms with Gasteiger partial charge in [-0.05, 0) is 81.6 Å². The van der Waals surface area contributed by atoms with Gasteiger partial charge in [0.2, 0.25) is 0 Å². The second-order valence-corrected chi connectivity index (χ2v) is 13.8. The minimum Gasteiger partial charge on any atom is -0.521 e. The molecule has 2 aliphatic heterocycles. The van der Waals surface area contributed by atoms with Crippen LogP contribution in [0.4, 0.5) is 0 Å². The molecule has 0 aliphatic carbocycles. The van der Waals surface area contributed by atoms with Crippen molar-refractivity contribution in [3.8, 4) is 39.4 Å². The highest BCUT2D eigenvalue weighted by atomic mass is 16.6. The van der Waals surface area contributed by atoms with Crippen molar-refractivity contribution in [2.75, 3.05) is 0 Å². The maximum absolute atomic E-state index is 6.43. The summed E-state index contributed by atoms with van der Waals surface area (Å²) in [5.74, 6) is 1.70. The van der Waals surface area contributed by atoms with Crippen LogP contribution in [-0.4, -0.2) is 11.7 Å². The zero-order valence-electron chi connectivity index (χ0n) is 25.1. The number of benzene rings is 5. The summed E-state index contributed by atoms with van der Waals surface area (Å²) >= 11 is 0. The summed E-state index contributed by atoms with van der Waals surface area (Å²) in [6, 6.07) is 35.3. The fraction of sp³-hybridized carbons (Fsp3) is 0.211. The molecule has 0 fully saturated rings. The van der Waals surface area contributed by atoms with Crippen molar-refractivity contribution in [2.24, 2.45) is 0 Å². The van der Waals surface area contributed by atoms with Crippen LogP contribution in [-0.2, 0) is 10.8 Å². The van der Waals surface area contributed by atoms with Crippen LogP contribution in [0.2, 0.25) is 0 Å². The van der Waals surface area contributed by atoms with Crippen molar-refractivity contribution < 1.29 is 9.31 Å². The van der Waals surface area contributed by atoms with Gasteiger partial charge in [-0.2, -0.15) is 0 Å². The molecule has 0 bridgehead atoms. The number of hydrogen-bond donors (Lipinski definition) is 0. The first-order valence-electron chi connectivity index (χ1n) is 14.9. The van der Waals surface area contributed by atoms with Crippen LogP contribution < -0.4 is 14.8 Å². The van der Waals surface area contributed by atoms with E-state index in [0.29, 0.717) is 0 Å². The quantitative estimate of drug-likeness (QED) is 0.192. The Morgan fingerprint density at radius 1 is 0.524 bits per heavy atom. The van der Waals surface area contributed by atoms with Crippen molar-refractivity contribution in [1.29, 1.82) is 0 Å². The Balaban J connectivity index is 1.48. The van der Waals surface area contributed by atoms with Gasteiger partial charge in [0.15, 0.2) is 0 Å². The zero-order valence-corrected chi connectivity index (χ0v) is 25.1. The van der Waals surface area contributed by atoms with Gasteiger partial charge in [-0.1, -0.05) is 90.1 Å². The highest BCUT2D eigenvalue weighted by Crippen LogP contribution is 2.44. The van der Waals surface area contributed by atoms with Gasteiger partial charge in [-0.15, -0.1) is 0 Å².